The lowest BCUT2D eigenvalue weighted by molar-refractivity contribution is 0.0696. The van der Waals surface area contributed by atoms with Crippen LogP contribution in [0.2, 0.25) is 0 Å². The fourth-order valence-corrected chi connectivity index (χ4v) is 1.65. The van der Waals surface area contributed by atoms with E-state index in [1.165, 1.54) is 12.4 Å². The number of primary amides is 1. The molecule has 0 aliphatic rings. The van der Waals surface area contributed by atoms with Crippen LogP contribution < -0.4 is 11.2 Å². The molecule has 0 radical (unpaired) electrons. The van der Waals surface area contributed by atoms with Crippen LogP contribution in [0.3, 0.4) is 0 Å². The van der Waals surface area contributed by atoms with Gasteiger partial charge in [0.25, 0.3) is 0 Å². The maximum absolute atomic E-state index is 10.9. The second-order valence-corrected chi connectivity index (χ2v) is 4.12. The van der Waals surface area contributed by atoms with E-state index < -0.39 is 12.0 Å². The van der Waals surface area contributed by atoms with Crippen molar-refractivity contribution in [2.75, 3.05) is 0 Å². The molecular formula is C14H12N4O3. The van der Waals surface area contributed by atoms with Gasteiger partial charge in [0.2, 0.25) is 0 Å². The molecule has 2 amide bonds. The third-order valence-corrected chi connectivity index (χ3v) is 2.62. The van der Waals surface area contributed by atoms with Gasteiger partial charge in [0.1, 0.15) is 0 Å². The Hall–Kier alpha value is -3.22. The molecule has 0 atom stereocenters. The Bertz CT molecular complexity index is 696. The summed E-state index contributed by atoms with van der Waals surface area (Å²) in [6, 6.07) is 7.96. The SMILES string of the molecule is NC(=O)NN=Cc1ccc(-c2cncc(C(=O)O)c2)cc1. The van der Waals surface area contributed by atoms with Crippen LogP contribution in [0, 0.1) is 0 Å². The number of benzene rings is 1. The van der Waals surface area contributed by atoms with Gasteiger partial charge < -0.3 is 10.8 Å². The minimum atomic E-state index is -1.02. The number of carbonyl (C=O) groups excluding carboxylic acids is 1. The summed E-state index contributed by atoms with van der Waals surface area (Å²) in [6.45, 7) is 0. The Morgan fingerprint density at radius 3 is 2.52 bits per heavy atom. The average molecular weight is 284 g/mol. The monoisotopic (exact) mass is 284 g/mol. The Labute approximate surface area is 120 Å². The molecule has 0 unspecified atom stereocenters. The van der Waals surface area contributed by atoms with Crippen LogP contribution in [0.1, 0.15) is 15.9 Å². The van der Waals surface area contributed by atoms with Crippen LogP contribution in [-0.4, -0.2) is 28.3 Å². The molecule has 2 rings (SSSR count). The van der Waals surface area contributed by atoms with Crippen molar-refractivity contribution in [3.63, 3.8) is 0 Å². The number of nitrogens with two attached hydrogens (primary N) is 1. The highest BCUT2D eigenvalue weighted by Crippen LogP contribution is 2.19. The zero-order valence-electron chi connectivity index (χ0n) is 10.9. The fourth-order valence-electron chi connectivity index (χ4n) is 1.65. The summed E-state index contributed by atoms with van der Waals surface area (Å²) in [5.74, 6) is -1.02. The second kappa shape index (κ2) is 6.29. The number of aromatic carboxylic acids is 1. The summed E-state index contributed by atoms with van der Waals surface area (Å²) in [5, 5.41) is 12.6. The number of pyridine rings is 1. The third-order valence-electron chi connectivity index (χ3n) is 2.62. The van der Waals surface area contributed by atoms with Gasteiger partial charge in [-0.15, -0.1) is 0 Å². The maximum Gasteiger partial charge on any atom is 0.337 e. The van der Waals surface area contributed by atoms with Crippen LogP contribution in [0.15, 0.2) is 47.8 Å². The maximum atomic E-state index is 10.9. The zero-order valence-corrected chi connectivity index (χ0v) is 10.9. The summed E-state index contributed by atoms with van der Waals surface area (Å²) in [4.78, 5) is 25.3. The van der Waals surface area contributed by atoms with Gasteiger partial charge in [0, 0.05) is 18.0 Å². The first-order valence-corrected chi connectivity index (χ1v) is 5.93. The predicted molar refractivity (Wildman–Crippen MR) is 76.9 cm³/mol. The quantitative estimate of drug-likeness (QED) is 0.581. The molecule has 0 saturated heterocycles. The van der Waals surface area contributed by atoms with E-state index in [4.69, 9.17) is 10.8 Å². The largest absolute Gasteiger partial charge is 0.478 e. The Morgan fingerprint density at radius 1 is 1.19 bits per heavy atom. The van der Waals surface area contributed by atoms with Gasteiger partial charge in [-0.05, 0) is 17.2 Å². The molecule has 0 fully saturated rings. The summed E-state index contributed by atoms with van der Waals surface area (Å²) in [6.07, 6.45) is 4.33. The highest BCUT2D eigenvalue weighted by atomic mass is 16.4. The number of hydrogen-bond acceptors (Lipinski definition) is 4. The number of hydrazone groups is 1. The van der Waals surface area contributed by atoms with E-state index in [0.717, 1.165) is 11.1 Å². The van der Waals surface area contributed by atoms with Crippen LogP contribution in [-0.2, 0) is 0 Å². The van der Waals surface area contributed by atoms with Crippen molar-refractivity contribution in [2.45, 2.75) is 0 Å². The van der Waals surface area contributed by atoms with Crippen molar-refractivity contribution < 1.29 is 14.7 Å². The van der Waals surface area contributed by atoms with Crippen molar-refractivity contribution in [1.29, 1.82) is 0 Å². The van der Waals surface area contributed by atoms with Gasteiger partial charge in [-0.25, -0.2) is 15.0 Å². The molecule has 106 valence electrons. The first kappa shape index (κ1) is 14.2. The van der Waals surface area contributed by atoms with Gasteiger partial charge in [0.15, 0.2) is 0 Å². The first-order valence-electron chi connectivity index (χ1n) is 5.93. The molecule has 4 N–H and O–H groups in total. The second-order valence-electron chi connectivity index (χ2n) is 4.12. The molecular weight excluding hydrogens is 272 g/mol. The van der Waals surface area contributed by atoms with Gasteiger partial charge in [-0.2, -0.15) is 5.10 Å². The third kappa shape index (κ3) is 3.87. The number of rotatable bonds is 4. The number of carbonyl (C=O) groups is 2. The van der Waals surface area contributed by atoms with Crippen LogP contribution in [0.5, 0.6) is 0 Å². The molecule has 0 saturated carbocycles. The highest BCUT2D eigenvalue weighted by Gasteiger charge is 2.05. The molecule has 7 heteroatoms. The lowest BCUT2D eigenvalue weighted by Gasteiger charge is -2.03. The molecule has 1 heterocycles. The smallest absolute Gasteiger partial charge is 0.337 e. The Balaban J connectivity index is 2.19. The molecule has 7 nitrogen and oxygen atoms in total. The molecule has 1 aromatic heterocycles. The molecule has 1 aromatic carbocycles. The van der Waals surface area contributed by atoms with Crippen molar-refractivity contribution in [3.05, 3.63) is 53.9 Å². The van der Waals surface area contributed by atoms with Gasteiger partial charge >= 0.3 is 12.0 Å². The van der Waals surface area contributed by atoms with Crippen molar-refractivity contribution >= 4 is 18.2 Å². The lowest BCUT2D eigenvalue weighted by Crippen LogP contribution is -2.24. The molecule has 21 heavy (non-hydrogen) atoms. The number of carboxylic acids is 1. The summed E-state index contributed by atoms with van der Waals surface area (Å²) < 4.78 is 0. The lowest BCUT2D eigenvalue weighted by atomic mass is 10.0. The zero-order chi connectivity index (χ0) is 15.2. The predicted octanol–water partition coefficient (Wildman–Crippen LogP) is 1.45. The van der Waals surface area contributed by atoms with E-state index in [1.54, 1.807) is 36.5 Å². The minimum absolute atomic E-state index is 0.129. The number of nitrogens with one attached hydrogen (secondary N) is 1. The Morgan fingerprint density at radius 2 is 1.90 bits per heavy atom. The topological polar surface area (TPSA) is 118 Å². The van der Waals surface area contributed by atoms with E-state index in [1.807, 2.05) is 0 Å². The number of carboxylic acid groups (broad SMARTS) is 1. The average Bonchev–Trinajstić information content (AvgIpc) is 2.48. The molecule has 0 bridgehead atoms. The number of hydrogen-bond donors (Lipinski definition) is 3. The molecule has 0 spiro atoms. The molecule has 0 aliphatic heterocycles. The normalized spacial score (nSPS) is 10.5. The summed E-state index contributed by atoms with van der Waals surface area (Å²) in [5.41, 5.74) is 9.38. The first-order chi connectivity index (χ1) is 10.1. The Kier molecular flexibility index (Phi) is 4.25. The van der Waals surface area contributed by atoms with Gasteiger partial charge in [-0.3, -0.25) is 4.98 Å². The minimum Gasteiger partial charge on any atom is -0.478 e. The van der Waals surface area contributed by atoms with E-state index in [-0.39, 0.29) is 5.56 Å². The van der Waals surface area contributed by atoms with Crippen molar-refractivity contribution in [1.82, 2.24) is 10.4 Å². The van der Waals surface area contributed by atoms with Crippen molar-refractivity contribution in [3.8, 4) is 11.1 Å². The van der Waals surface area contributed by atoms with E-state index >= 15 is 0 Å². The van der Waals surface area contributed by atoms with Crippen LogP contribution >= 0.6 is 0 Å². The number of urea groups is 1. The molecule has 2 aromatic rings. The van der Waals surface area contributed by atoms with E-state index in [2.05, 4.69) is 15.5 Å². The standard InChI is InChI=1S/C14H12N4O3/c15-14(21)18-17-6-9-1-3-10(4-2-9)11-5-12(13(19)20)8-16-7-11/h1-8H,(H,19,20)(H3,15,18,21). The number of amides is 2. The fraction of sp³-hybridized carbons (Fsp3) is 0. The van der Waals surface area contributed by atoms with Gasteiger partial charge in [-0.1, -0.05) is 24.3 Å². The summed E-state index contributed by atoms with van der Waals surface area (Å²) >= 11 is 0. The van der Waals surface area contributed by atoms with Crippen LogP contribution in [0.25, 0.3) is 11.1 Å². The summed E-state index contributed by atoms with van der Waals surface area (Å²) in [7, 11) is 0. The van der Waals surface area contributed by atoms with Gasteiger partial charge in [0.05, 0.1) is 11.8 Å². The van der Waals surface area contributed by atoms with E-state index in [0.29, 0.717) is 5.56 Å². The number of aromatic nitrogens is 1. The van der Waals surface area contributed by atoms with E-state index in [9.17, 15) is 9.59 Å². The number of nitrogens with zero attached hydrogens (tertiary/aromatic N) is 2. The van der Waals surface area contributed by atoms with Crippen LogP contribution in [0.4, 0.5) is 4.79 Å². The highest BCUT2D eigenvalue weighted by molar-refractivity contribution is 5.89. The molecule has 0 aliphatic carbocycles. The van der Waals surface area contributed by atoms with Crippen molar-refractivity contribution in [2.24, 2.45) is 10.8 Å².